The molecule has 136 valence electrons. The molecule has 3 aromatic carbocycles. The zero-order chi connectivity index (χ0) is 18.9. The Bertz CT molecular complexity index is 908. The van der Waals surface area contributed by atoms with Gasteiger partial charge in [-0.05, 0) is 49.0 Å². The number of benzene rings is 3. The van der Waals surface area contributed by atoms with E-state index in [2.05, 4.69) is 15.8 Å². The number of anilines is 1. The Morgan fingerprint density at radius 3 is 2.44 bits per heavy atom. The highest BCUT2D eigenvalue weighted by atomic mass is 32.1. The van der Waals surface area contributed by atoms with Crippen molar-refractivity contribution in [1.82, 2.24) is 5.43 Å². The molecule has 2 N–H and O–H groups in total. The lowest BCUT2D eigenvalue weighted by Crippen LogP contribution is -2.23. The van der Waals surface area contributed by atoms with Crippen molar-refractivity contribution >= 4 is 29.2 Å². The van der Waals surface area contributed by atoms with Gasteiger partial charge in [-0.3, -0.25) is 5.43 Å². The molecular weight excluding hydrogens is 354 g/mol. The van der Waals surface area contributed by atoms with Gasteiger partial charge in [0.05, 0.1) is 6.21 Å². The molecule has 3 aromatic rings. The lowest BCUT2D eigenvalue weighted by molar-refractivity contribution is 0.306. The van der Waals surface area contributed by atoms with Crippen LogP contribution in [0.3, 0.4) is 0 Å². The van der Waals surface area contributed by atoms with Crippen LogP contribution in [0.5, 0.6) is 5.75 Å². The second-order valence-corrected chi connectivity index (χ2v) is 6.41. The van der Waals surface area contributed by atoms with Crippen LogP contribution in [0, 0.1) is 6.92 Å². The fraction of sp³-hybridized carbons (Fsp3) is 0.0909. The summed E-state index contributed by atoms with van der Waals surface area (Å²) in [5.74, 6) is 0.768. The van der Waals surface area contributed by atoms with Crippen molar-refractivity contribution in [1.29, 1.82) is 0 Å². The first-order valence-electron chi connectivity index (χ1n) is 8.63. The number of nitrogens with one attached hydrogen (secondary N) is 2. The van der Waals surface area contributed by atoms with E-state index in [1.165, 1.54) is 5.56 Å². The molecule has 0 amide bonds. The average molecular weight is 375 g/mol. The Morgan fingerprint density at radius 1 is 0.963 bits per heavy atom. The predicted octanol–water partition coefficient (Wildman–Crippen LogP) is 4.89. The second kappa shape index (κ2) is 9.50. The van der Waals surface area contributed by atoms with E-state index in [0.29, 0.717) is 11.7 Å². The lowest BCUT2D eigenvalue weighted by Gasteiger charge is -2.09. The molecule has 0 aliphatic heterocycles. The molecule has 27 heavy (non-hydrogen) atoms. The zero-order valence-corrected chi connectivity index (χ0v) is 15.9. The standard InChI is InChI=1S/C22H21N3OS/c1-17-11-13-20(14-12-17)24-22(27)25-23-15-19-9-5-6-10-21(19)26-16-18-7-3-2-4-8-18/h2-15H,16H2,1H3,(H2,24,25,27). The highest BCUT2D eigenvalue weighted by molar-refractivity contribution is 7.80. The molecule has 0 aliphatic carbocycles. The zero-order valence-electron chi connectivity index (χ0n) is 15.1. The van der Waals surface area contributed by atoms with Gasteiger partial charge in [0.25, 0.3) is 0 Å². The molecular formula is C22H21N3OS. The largest absolute Gasteiger partial charge is 0.488 e. The van der Waals surface area contributed by atoms with Gasteiger partial charge in [-0.15, -0.1) is 0 Å². The Hall–Kier alpha value is -3.18. The van der Waals surface area contributed by atoms with Gasteiger partial charge >= 0.3 is 0 Å². The third-order valence-corrected chi connectivity index (χ3v) is 4.03. The topological polar surface area (TPSA) is 45.7 Å². The Labute approximate surface area is 164 Å². The summed E-state index contributed by atoms with van der Waals surface area (Å²) in [5.41, 5.74) is 6.94. The third kappa shape index (κ3) is 5.94. The highest BCUT2D eigenvalue weighted by Crippen LogP contribution is 2.17. The van der Waals surface area contributed by atoms with Crippen molar-refractivity contribution in [2.75, 3.05) is 5.32 Å². The molecule has 0 unspecified atom stereocenters. The van der Waals surface area contributed by atoms with Gasteiger partial charge in [0, 0.05) is 11.3 Å². The molecule has 3 rings (SSSR count). The average Bonchev–Trinajstić information content (AvgIpc) is 2.70. The van der Waals surface area contributed by atoms with Crippen LogP contribution in [0.15, 0.2) is 84.0 Å². The quantitative estimate of drug-likeness (QED) is 0.366. The number of aryl methyl sites for hydroxylation is 1. The number of rotatable bonds is 6. The summed E-state index contributed by atoms with van der Waals surface area (Å²) in [5, 5.41) is 7.73. The molecule has 4 nitrogen and oxygen atoms in total. The molecule has 0 aliphatic rings. The monoisotopic (exact) mass is 375 g/mol. The van der Waals surface area contributed by atoms with Crippen LogP contribution in [0.2, 0.25) is 0 Å². The van der Waals surface area contributed by atoms with Crippen LogP contribution in [0.25, 0.3) is 0 Å². The molecule has 0 aromatic heterocycles. The minimum Gasteiger partial charge on any atom is -0.488 e. The lowest BCUT2D eigenvalue weighted by atomic mass is 10.2. The van der Waals surface area contributed by atoms with Crippen molar-refractivity contribution < 1.29 is 4.74 Å². The molecule has 5 heteroatoms. The summed E-state index contributed by atoms with van der Waals surface area (Å²) >= 11 is 5.26. The van der Waals surface area contributed by atoms with Crippen LogP contribution in [0.4, 0.5) is 5.69 Å². The number of hydrogen-bond donors (Lipinski definition) is 2. The van der Waals surface area contributed by atoms with E-state index in [0.717, 1.165) is 22.6 Å². The van der Waals surface area contributed by atoms with Crippen molar-refractivity contribution in [2.24, 2.45) is 5.10 Å². The first-order valence-corrected chi connectivity index (χ1v) is 9.04. The normalized spacial score (nSPS) is 10.6. The van der Waals surface area contributed by atoms with Gasteiger partial charge < -0.3 is 10.1 Å². The first kappa shape index (κ1) is 18.6. The summed E-state index contributed by atoms with van der Waals surface area (Å²) in [6, 6.07) is 25.8. The molecule has 0 saturated heterocycles. The van der Waals surface area contributed by atoms with Crippen LogP contribution >= 0.6 is 12.2 Å². The van der Waals surface area contributed by atoms with E-state index in [4.69, 9.17) is 17.0 Å². The fourth-order valence-electron chi connectivity index (χ4n) is 2.41. The number of hydrogen-bond acceptors (Lipinski definition) is 3. The van der Waals surface area contributed by atoms with Gasteiger partial charge in [0.15, 0.2) is 5.11 Å². The third-order valence-electron chi connectivity index (χ3n) is 3.84. The molecule has 0 bridgehead atoms. The molecule has 0 radical (unpaired) electrons. The summed E-state index contributed by atoms with van der Waals surface area (Å²) in [6.45, 7) is 2.55. The minimum atomic E-state index is 0.429. The van der Waals surface area contributed by atoms with E-state index in [-0.39, 0.29) is 0 Å². The molecule has 0 atom stereocenters. The maximum Gasteiger partial charge on any atom is 0.191 e. The number of thiocarbonyl (C=S) groups is 1. The van der Waals surface area contributed by atoms with Gasteiger partial charge in [0.2, 0.25) is 0 Å². The molecule has 0 fully saturated rings. The first-order chi connectivity index (χ1) is 13.2. The summed E-state index contributed by atoms with van der Waals surface area (Å²) < 4.78 is 5.92. The maximum absolute atomic E-state index is 5.92. The van der Waals surface area contributed by atoms with Gasteiger partial charge in [0.1, 0.15) is 12.4 Å². The minimum absolute atomic E-state index is 0.429. The highest BCUT2D eigenvalue weighted by Gasteiger charge is 2.02. The van der Waals surface area contributed by atoms with Gasteiger partial charge in [-0.1, -0.05) is 60.2 Å². The Kier molecular flexibility index (Phi) is 6.55. The SMILES string of the molecule is Cc1ccc(NC(=S)NN=Cc2ccccc2OCc2ccccc2)cc1. The second-order valence-electron chi connectivity index (χ2n) is 6.00. The Morgan fingerprint density at radius 2 is 1.67 bits per heavy atom. The van der Waals surface area contributed by atoms with Crippen molar-refractivity contribution in [3.05, 3.63) is 95.6 Å². The summed E-state index contributed by atoms with van der Waals surface area (Å²) in [7, 11) is 0. The van der Waals surface area contributed by atoms with E-state index in [1.807, 2.05) is 85.8 Å². The van der Waals surface area contributed by atoms with E-state index in [9.17, 15) is 0 Å². The fourth-order valence-corrected chi connectivity index (χ4v) is 2.58. The van der Waals surface area contributed by atoms with Crippen molar-refractivity contribution in [3.63, 3.8) is 0 Å². The predicted molar refractivity (Wildman–Crippen MR) is 115 cm³/mol. The number of hydrazone groups is 1. The van der Waals surface area contributed by atoms with Crippen LogP contribution in [-0.2, 0) is 6.61 Å². The van der Waals surface area contributed by atoms with Crippen molar-refractivity contribution in [3.8, 4) is 5.75 Å². The summed E-state index contributed by atoms with van der Waals surface area (Å²) in [6.07, 6.45) is 1.70. The van der Waals surface area contributed by atoms with Gasteiger partial charge in [-0.25, -0.2) is 0 Å². The van der Waals surface area contributed by atoms with E-state index >= 15 is 0 Å². The number of ether oxygens (including phenoxy) is 1. The van der Waals surface area contributed by atoms with E-state index < -0.39 is 0 Å². The summed E-state index contributed by atoms with van der Waals surface area (Å²) in [4.78, 5) is 0. The van der Waals surface area contributed by atoms with Gasteiger partial charge in [-0.2, -0.15) is 5.10 Å². The maximum atomic E-state index is 5.92. The molecule has 0 heterocycles. The number of para-hydroxylation sites is 1. The molecule has 0 saturated carbocycles. The molecule has 0 spiro atoms. The van der Waals surface area contributed by atoms with Crippen LogP contribution in [0.1, 0.15) is 16.7 Å². The van der Waals surface area contributed by atoms with Crippen molar-refractivity contribution in [2.45, 2.75) is 13.5 Å². The Balaban J connectivity index is 1.56. The number of nitrogens with zero attached hydrogens (tertiary/aromatic N) is 1. The van der Waals surface area contributed by atoms with Crippen LogP contribution in [-0.4, -0.2) is 11.3 Å². The smallest absolute Gasteiger partial charge is 0.191 e. The van der Waals surface area contributed by atoms with E-state index in [1.54, 1.807) is 6.21 Å². The van der Waals surface area contributed by atoms with Crippen LogP contribution < -0.4 is 15.5 Å².